The maximum atomic E-state index is 13.8. The summed E-state index contributed by atoms with van der Waals surface area (Å²) in [6.45, 7) is 7.98. The number of hydrogen-bond donors (Lipinski definition) is 2. The van der Waals surface area contributed by atoms with Crippen LogP contribution in [0, 0.1) is 5.82 Å². The van der Waals surface area contributed by atoms with Crippen LogP contribution in [0.2, 0.25) is 0 Å². The molecule has 0 spiro atoms. The number of hydrazone groups is 1. The number of carbonyl (C=O) groups is 2. The molecule has 176 valence electrons. The van der Waals surface area contributed by atoms with Gasteiger partial charge >= 0.3 is 0 Å². The minimum Gasteiger partial charge on any atom is -0.484 e. The first-order valence-corrected chi connectivity index (χ1v) is 10.9. The van der Waals surface area contributed by atoms with Crippen LogP contribution in [0.15, 0.2) is 77.9 Å². The third-order valence-electron chi connectivity index (χ3n) is 5.12. The fourth-order valence-corrected chi connectivity index (χ4v) is 3.08. The summed E-state index contributed by atoms with van der Waals surface area (Å²) in [4.78, 5) is 24.3. The Labute approximate surface area is 198 Å². The lowest BCUT2D eigenvalue weighted by Gasteiger charge is -2.19. The summed E-state index contributed by atoms with van der Waals surface area (Å²) in [6.07, 6.45) is 0. The number of hydrogen-bond acceptors (Lipinski definition) is 4. The van der Waals surface area contributed by atoms with Crippen molar-refractivity contribution in [3.05, 3.63) is 95.3 Å². The van der Waals surface area contributed by atoms with E-state index in [1.54, 1.807) is 37.3 Å². The van der Waals surface area contributed by atoms with Crippen molar-refractivity contribution in [2.24, 2.45) is 5.10 Å². The van der Waals surface area contributed by atoms with Crippen LogP contribution in [0.1, 0.15) is 49.2 Å². The summed E-state index contributed by atoms with van der Waals surface area (Å²) in [5, 5.41) is 6.76. The van der Waals surface area contributed by atoms with E-state index in [9.17, 15) is 14.0 Å². The maximum Gasteiger partial charge on any atom is 0.277 e. The van der Waals surface area contributed by atoms with E-state index in [0.717, 1.165) is 5.56 Å². The highest BCUT2D eigenvalue weighted by molar-refractivity contribution is 6.05. The van der Waals surface area contributed by atoms with Crippen LogP contribution in [0.5, 0.6) is 5.75 Å². The molecule has 7 heteroatoms. The largest absolute Gasteiger partial charge is 0.484 e. The Kier molecular flexibility index (Phi) is 7.79. The number of benzene rings is 3. The van der Waals surface area contributed by atoms with Crippen molar-refractivity contribution in [1.29, 1.82) is 0 Å². The summed E-state index contributed by atoms with van der Waals surface area (Å²) in [5.74, 6) is -0.886. The highest BCUT2D eigenvalue weighted by Gasteiger charge is 2.13. The number of anilines is 1. The Bertz CT molecular complexity index is 1180. The van der Waals surface area contributed by atoms with Gasteiger partial charge in [-0.25, -0.2) is 9.82 Å². The van der Waals surface area contributed by atoms with Gasteiger partial charge in [-0.2, -0.15) is 5.10 Å². The first-order chi connectivity index (χ1) is 16.1. The van der Waals surface area contributed by atoms with Gasteiger partial charge < -0.3 is 10.1 Å². The molecule has 3 aromatic carbocycles. The van der Waals surface area contributed by atoms with Gasteiger partial charge in [0.25, 0.3) is 11.8 Å². The van der Waals surface area contributed by atoms with Crippen molar-refractivity contribution in [1.82, 2.24) is 5.43 Å². The number of nitrogens with zero attached hydrogens (tertiary/aromatic N) is 1. The van der Waals surface area contributed by atoms with Crippen LogP contribution in [-0.4, -0.2) is 24.1 Å². The van der Waals surface area contributed by atoms with E-state index >= 15 is 0 Å². The summed E-state index contributed by atoms with van der Waals surface area (Å²) in [6, 6.07) is 20.3. The smallest absolute Gasteiger partial charge is 0.277 e. The Balaban J connectivity index is 1.51. The van der Waals surface area contributed by atoms with E-state index in [1.807, 2.05) is 24.3 Å². The quantitative estimate of drug-likeness (QED) is 0.370. The average molecular weight is 462 g/mol. The molecule has 0 atom stereocenters. The molecule has 0 aromatic heterocycles. The first-order valence-electron chi connectivity index (χ1n) is 10.9. The van der Waals surface area contributed by atoms with Gasteiger partial charge in [-0.3, -0.25) is 9.59 Å². The molecule has 0 fully saturated rings. The number of ether oxygens (including phenoxy) is 1. The summed E-state index contributed by atoms with van der Waals surface area (Å²) >= 11 is 0. The highest BCUT2D eigenvalue weighted by Crippen LogP contribution is 2.24. The van der Waals surface area contributed by atoms with Crippen molar-refractivity contribution in [2.75, 3.05) is 11.9 Å². The van der Waals surface area contributed by atoms with Crippen LogP contribution < -0.4 is 15.5 Å². The molecule has 34 heavy (non-hydrogen) atoms. The van der Waals surface area contributed by atoms with Gasteiger partial charge in [0.1, 0.15) is 11.6 Å². The molecule has 6 nitrogen and oxygen atoms in total. The van der Waals surface area contributed by atoms with Crippen LogP contribution in [-0.2, 0) is 10.2 Å². The average Bonchev–Trinajstić information content (AvgIpc) is 2.81. The molecule has 0 unspecified atom stereocenters. The third-order valence-corrected chi connectivity index (χ3v) is 5.12. The molecule has 2 N–H and O–H groups in total. The number of carbonyl (C=O) groups excluding carboxylic acids is 2. The molecule has 0 aliphatic rings. The van der Waals surface area contributed by atoms with E-state index in [-0.39, 0.29) is 23.5 Å². The molecular weight excluding hydrogens is 433 g/mol. The van der Waals surface area contributed by atoms with E-state index < -0.39 is 11.7 Å². The number of halogens is 1. The summed E-state index contributed by atoms with van der Waals surface area (Å²) < 4.78 is 19.3. The van der Waals surface area contributed by atoms with Gasteiger partial charge in [0, 0.05) is 5.69 Å². The van der Waals surface area contributed by atoms with E-state index in [1.165, 1.54) is 23.8 Å². The lowest BCUT2D eigenvalue weighted by molar-refractivity contribution is -0.123. The SMILES string of the molecule is CC(=NNC(=O)COc1ccc(C(C)(C)C)cc1)c1ccc(NC(=O)c2ccccc2F)cc1. The van der Waals surface area contributed by atoms with Crippen molar-refractivity contribution in [3.63, 3.8) is 0 Å². The van der Waals surface area contributed by atoms with Gasteiger partial charge in [0.15, 0.2) is 6.61 Å². The lowest BCUT2D eigenvalue weighted by atomic mass is 9.87. The minimum absolute atomic E-state index is 0.0283. The van der Waals surface area contributed by atoms with Gasteiger partial charge in [-0.05, 0) is 59.9 Å². The maximum absolute atomic E-state index is 13.8. The highest BCUT2D eigenvalue weighted by atomic mass is 19.1. The molecule has 0 heterocycles. The van der Waals surface area contributed by atoms with Crippen LogP contribution in [0.4, 0.5) is 10.1 Å². The van der Waals surface area contributed by atoms with Crippen molar-refractivity contribution < 1.29 is 18.7 Å². The number of rotatable bonds is 7. The predicted octanol–water partition coefficient (Wildman–Crippen LogP) is 5.29. The summed E-state index contributed by atoms with van der Waals surface area (Å²) in [5.41, 5.74) is 5.52. The molecule has 0 bridgehead atoms. The molecule has 3 aromatic rings. The first kappa shape index (κ1) is 24.6. The second-order valence-electron chi connectivity index (χ2n) is 8.81. The zero-order valence-corrected chi connectivity index (χ0v) is 19.7. The topological polar surface area (TPSA) is 79.8 Å². The van der Waals surface area contributed by atoms with E-state index in [0.29, 0.717) is 17.1 Å². The third kappa shape index (κ3) is 6.75. The van der Waals surface area contributed by atoms with Crippen molar-refractivity contribution in [3.8, 4) is 5.75 Å². The predicted molar refractivity (Wildman–Crippen MR) is 132 cm³/mol. The fourth-order valence-electron chi connectivity index (χ4n) is 3.08. The van der Waals surface area contributed by atoms with Gasteiger partial charge in [-0.1, -0.05) is 57.2 Å². The molecule has 0 aliphatic heterocycles. The van der Waals surface area contributed by atoms with Gasteiger partial charge in [-0.15, -0.1) is 0 Å². The van der Waals surface area contributed by atoms with Crippen LogP contribution >= 0.6 is 0 Å². The zero-order valence-electron chi connectivity index (χ0n) is 19.7. The second kappa shape index (κ2) is 10.7. The molecule has 0 radical (unpaired) electrons. The Morgan fingerprint density at radius 1 is 0.941 bits per heavy atom. The molecular formula is C27H28FN3O3. The normalized spacial score (nSPS) is 11.6. The van der Waals surface area contributed by atoms with Crippen molar-refractivity contribution in [2.45, 2.75) is 33.1 Å². The Morgan fingerprint density at radius 2 is 1.59 bits per heavy atom. The Hall–Kier alpha value is -4.00. The summed E-state index contributed by atoms with van der Waals surface area (Å²) in [7, 11) is 0. The molecule has 3 rings (SSSR count). The molecule has 0 saturated carbocycles. The second-order valence-corrected chi connectivity index (χ2v) is 8.81. The number of nitrogens with one attached hydrogen (secondary N) is 2. The monoisotopic (exact) mass is 461 g/mol. The lowest BCUT2D eigenvalue weighted by Crippen LogP contribution is -2.25. The van der Waals surface area contributed by atoms with Crippen LogP contribution in [0.3, 0.4) is 0 Å². The standard InChI is InChI=1S/C27H28FN3O3/c1-18(30-31-25(32)17-34-22-15-11-20(12-16-22)27(2,3)4)19-9-13-21(14-10-19)29-26(33)23-7-5-6-8-24(23)28/h5-16H,17H2,1-4H3,(H,29,33)(H,31,32). The van der Waals surface area contributed by atoms with Gasteiger partial charge in [0.2, 0.25) is 0 Å². The Morgan fingerprint density at radius 3 is 2.21 bits per heavy atom. The molecule has 0 aliphatic carbocycles. The number of amides is 2. The molecule has 0 saturated heterocycles. The van der Waals surface area contributed by atoms with E-state index in [2.05, 4.69) is 36.6 Å². The van der Waals surface area contributed by atoms with Gasteiger partial charge in [0.05, 0.1) is 11.3 Å². The zero-order chi connectivity index (χ0) is 24.7. The van der Waals surface area contributed by atoms with E-state index in [4.69, 9.17) is 4.74 Å². The molecule has 2 amide bonds. The van der Waals surface area contributed by atoms with Crippen LogP contribution in [0.25, 0.3) is 0 Å². The minimum atomic E-state index is -0.582. The van der Waals surface area contributed by atoms with Crippen molar-refractivity contribution >= 4 is 23.2 Å². The fraction of sp³-hybridized carbons (Fsp3) is 0.222.